The van der Waals surface area contributed by atoms with E-state index in [0.717, 1.165) is 21.0 Å². The van der Waals surface area contributed by atoms with Crippen molar-refractivity contribution in [1.82, 2.24) is 4.90 Å². The van der Waals surface area contributed by atoms with Gasteiger partial charge in [-0.05, 0) is 75.0 Å². The van der Waals surface area contributed by atoms with Gasteiger partial charge in [0.2, 0.25) is 0 Å². The normalized spacial score (nSPS) is 22.9. The summed E-state index contributed by atoms with van der Waals surface area (Å²) >= 11 is 3.50. The van der Waals surface area contributed by atoms with Gasteiger partial charge in [0, 0.05) is 32.6 Å². The van der Waals surface area contributed by atoms with Gasteiger partial charge in [-0.25, -0.2) is 0 Å². The lowest BCUT2D eigenvalue weighted by molar-refractivity contribution is 0.0975. The van der Waals surface area contributed by atoms with Crippen molar-refractivity contribution in [2.75, 3.05) is 13.1 Å². The summed E-state index contributed by atoms with van der Waals surface area (Å²) in [4.78, 5) is 15.7. The number of benzene rings is 2. The lowest BCUT2D eigenvalue weighted by atomic mass is 9.82. The molecule has 1 aromatic heterocycles. The number of hydrogen-bond acceptors (Lipinski definition) is 3. The van der Waals surface area contributed by atoms with Crippen molar-refractivity contribution in [3.8, 4) is 0 Å². The molecule has 0 saturated carbocycles. The average molecular weight is 438 g/mol. The van der Waals surface area contributed by atoms with Crippen LogP contribution in [0.1, 0.15) is 59.5 Å². The average Bonchev–Trinajstić information content (AvgIpc) is 3.16. The largest absolute Gasteiger partial charge is 0.464 e. The second-order valence-electron chi connectivity index (χ2n) is 8.12. The highest BCUT2D eigenvalue weighted by Crippen LogP contribution is 2.39. The summed E-state index contributed by atoms with van der Waals surface area (Å²) in [5, 5.41) is 1.10. The van der Waals surface area contributed by atoms with Gasteiger partial charge < -0.3 is 9.32 Å². The first kappa shape index (κ1) is 18.1. The standard InChI is InChI=1S/C24H24BrNO2/c25-22-7-2-1-6-19(22)24(27)17-8-9-23-20(14-17)21(15-28-23)16-10-12-26-11-4-3-5-18(26)13-16/h1-2,6-9,14-16,18H,3-5,10-13H2. The van der Waals surface area contributed by atoms with Crippen LogP contribution in [-0.2, 0) is 0 Å². The topological polar surface area (TPSA) is 33.5 Å². The molecule has 144 valence electrons. The monoisotopic (exact) mass is 437 g/mol. The fourth-order valence-corrected chi connectivity index (χ4v) is 5.44. The number of carbonyl (C=O) groups excluding carboxylic acids is 1. The molecule has 2 aliphatic rings. The highest BCUT2D eigenvalue weighted by molar-refractivity contribution is 9.10. The molecular formula is C24H24BrNO2. The molecule has 0 aliphatic carbocycles. The zero-order valence-corrected chi connectivity index (χ0v) is 17.5. The molecule has 2 atom stereocenters. The van der Waals surface area contributed by atoms with Gasteiger partial charge in [-0.1, -0.05) is 34.5 Å². The summed E-state index contributed by atoms with van der Waals surface area (Å²) < 4.78 is 6.70. The molecule has 3 nitrogen and oxygen atoms in total. The van der Waals surface area contributed by atoms with Crippen molar-refractivity contribution in [2.45, 2.75) is 44.1 Å². The van der Waals surface area contributed by atoms with E-state index < -0.39 is 0 Å². The van der Waals surface area contributed by atoms with Crippen LogP contribution in [0.3, 0.4) is 0 Å². The number of fused-ring (bicyclic) bond motifs is 2. The molecule has 0 N–H and O–H groups in total. The van der Waals surface area contributed by atoms with E-state index in [9.17, 15) is 4.79 Å². The lowest BCUT2D eigenvalue weighted by Crippen LogP contribution is -2.44. The minimum absolute atomic E-state index is 0.0450. The van der Waals surface area contributed by atoms with Crippen LogP contribution in [0.2, 0.25) is 0 Å². The maximum Gasteiger partial charge on any atom is 0.194 e. The van der Waals surface area contributed by atoms with Crippen molar-refractivity contribution in [1.29, 1.82) is 0 Å². The first-order valence-electron chi connectivity index (χ1n) is 10.2. The Hall–Kier alpha value is -1.91. The predicted molar refractivity (Wildman–Crippen MR) is 115 cm³/mol. The van der Waals surface area contributed by atoms with Crippen molar-refractivity contribution >= 4 is 32.7 Å². The molecule has 0 spiro atoms. The van der Waals surface area contributed by atoms with Gasteiger partial charge in [-0.15, -0.1) is 0 Å². The molecule has 2 aromatic carbocycles. The quantitative estimate of drug-likeness (QED) is 0.460. The van der Waals surface area contributed by atoms with Crippen molar-refractivity contribution in [2.24, 2.45) is 0 Å². The Bertz CT molecular complexity index is 1020. The van der Waals surface area contributed by atoms with Crippen LogP contribution in [0.15, 0.2) is 57.6 Å². The third kappa shape index (κ3) is 3.23. The van der Waals surface area contributed by atoms with Crippen LogP contribution in [-0.4, -0.2) is 29.8 Å². The van der Waals surface area contributed by atoms with Crippen molar-refractivity contribution in [3.05, 3.63) is 69.9 Å². The maximum absolute atomic E-state index is 13.0. The molecule has 2 unspecified atom stereocenters. The summed E-state index contributed by atoms with van der Waals surface area (Å²) in [6.07, 6.45) is 8.32. The van der Waals surface area contributed by atoms with E-state index in [-0.39, 0.29) is 5.78 Å². The molecule has 0 amide bonds. The molecular weight excluding hydrogens is 414 g/mol. The zero-order valence-electron chi connectivity index (χ0n) is 15.9. The minimum Gasteiger partial charge on any atom is -0.464 e. The molecule has 5 rings (SSSR count). The number of nitrogens with zero attached hydrogens (tertiary/aromatic N) is 1. The molecule has 3 aromatic rings. The number of halogens is 1. The zero-order chi connectivity index (χ0) is 19.1. The Kier molecular flexibility index (Phi) is 4.85. The highest BCUT2D eigenvalue weighted by atomic mass is 79.9. The first-order valence-corrected chi connectivity index (χ1v) is 11.0. The van der Waals surface area contributed by atoms with Crippen LogP contribution >= 0.6 is 15.9 Å². The lowest BCUT2D eigenvalue weighted by Gasteiger charge is -2.42. The predicted octanol–water partition coefficient (Wildman–Crippen LogP) is 6.16. The SMILES string of the molecule is O=C(c1ccc2occ(C3CCN4CCCCC4C3)c2c1)c1ccccc1Br. The van der Waals surface area contributed by atoms with Crippen LogP contribution in [0.4, 0.5) is 0 Å². The fourth-order valence-electron chi connectivity index (χ4n) is 4.98. The van der Waals surface area contributed by atoms with Gasteiger partial charge in [0.05, 0.1) is 6.26 Å². The Labute approximate surface area is 173 Å². The van der Waals surface area contributed by atoms with E-state index >= 15 is 0 Å². The molecule has 28 heavy (non-hydrogen) atoms. The molecule has 2 fully saturated rings. The second-order valence-corrected chi connectivity index (χ2v) is 8.97. The van der Waals surface area contributed by atoms with Crippen LogP contribution in [0.25, 0.3) is 11.0 Å². The molecule has 0 radical (unpaired) electrons. The Morgan fingerprint density at radius 1 is 1.07 bits per heavy atom. The first-order chi connectivity index (χ1) is 13.7. The van der Waals surface area contributed by atoms with E-state index in [1.165, 1.54) is 50.8 Å². The maximum atomic E-state index is 13.0. The third-order valence-electron chi connectivity index (χ3n) is 6.49. The number of ketones is 1. The molecule has 4 heteroatoms. The van der Waals surface area contributed by atoms with E-state index in [0.29, 0.717) is 17.5 Å². The summed E-state index contributed by atoms with van der Waals surface area (Å²) in [6, 6.07) is 14.2. The Balaban J connectivity index is 1.47. The van der Waals surface area contributed by atoms with Gasteiger partial charge >= 0.3 is 0 Å². The van der Waals surface area contributed by atoms with Gasteiger partial charge in [0.15, 0.2) is 5.78 Å². The van der Waals surface area contributed by atoms with Gasteiger partial charge in [-0.3, -0.25) is 4.79 Å². The number of rotatable bonds is 3. The molecule has 2 saturated heterocycles. The summed E-state index contributed by atoms with van der Waals surface area (Å²) in [5.41, 5.74) is 3.58. The molecule has 3 heterocycles. The Morgan fingerprint density at radius 2 is 1.96 bits per heavy atom. The Morgan fingerprint density at radius 3 is 2.86 bits per heavy atom. The second kappa shape index (κ2) is 7.49. The highest BCUT2D eigenvalue weighted by Gasteiger charge is 2.32. The summed E-state index contributed by atoms with van der Waals surface area (Å²) in [7, 11) is 0. The summed E-state index contributed by atoms with van der Waals surface area (Å²) in [5.74, 6) is 0.568. The number of carbonyl (C=O) groups is 1. The van der Waals surface area contributed by atoms with E-state index in [1.54, 1.807) is 0 Å². The summed E-state index contributed by atoms with van der Waals surface area (Å²) in [6.45, 7) is 2.44. The fraction of sp³-hybridized carbons (Fsp3) is 0.375. The number of piperidine rings is 2. The van der Waals surface area contributed by atoms with E-state index in [1.807, 2.05) is 48.7 Å². The van der Waals surface area contributed by atoms with Crippen LogP contribution < -0.4 is 0 Å². The van der Waals surface area contributed by atoms with Crippen molar-refractivity contribution in [3.63, 3.8) is 0 Å². The molecule has 2 aliphatic heterocycles. The van der Waals surface area contributed by atoms with Crippen LogP contribution in [0.5, 0.6) is 0 Å². The van der Waals surface area contributed by atoms with Crippen LogP contribution in [0, 0.1) is 0 Å². The van der Waals surface area contributed by atoms with Gasteiger partial charge in [0.1, 0.15) is 5.58 Å². The third-order valence-corrected chi connectivity index (χ3v) is 7.19. The molecule has 0 bridgehead atoms. The van der Waals surface area contributed by atoms with Crippen molar-refractivity contribution < 1.29 is 9.21 Å². The minimum atomic E-state index is 0.0450. The number of furan rings is 1. The van der Waals surface area contributed by atoms with Gasteiger partial charge in [0.25, 0.3) is 0 Å². The number of hydrogen-bond donors (Lipinski definition) is 0. The van der Waals surface area contributed by atoms with Gasteiger partial charge in [-0.2, -0.15) is 0 Å². The van der Waals surface area contributed by atoms with E-state index in [4.69, 9.17) is 4.42 Å². The van der Waals surface area contributed by atoms with E-state index in [2.05, 4.69) is 20.8 Å². The smallest absolute Gasteiger partial charge is 0.194 e.